The second-order valence-corrected chi connectivity index (χ2v) is 8.66. The van der Waals surface area contributed by atoms with E-state index in [0.717, 1.165) is 11.3 Å². The van der Waals surface area contributed by atoms with Crippen LogP contribution in [0.2, 0.25) is 0 Å². The van der Waals surface area contributed by atoms with Crippen molar-refractivity contribution in [3.8, 4) is 5.75 Å². The second-order valence-electron chi connectivity index (χ2n) is 6.98. The van der Waals surface area contributed by atoms with Gasteiger partial charge in [-0.2, -0.15) is 0 Å². The van der Waals surface area contributed by atoms with Gasteiger partial charge in [-0.15, -0.1) is 0 Å². The number of carbonyl (C=O) groups is 1. The van der Waals surface area contributed by atoms with Gasteiger partial charge in [0, 0.05) is 11.2 Å². The summed E-state index contributed by atoms with van der Waals surface area (Å²) < 4.78 is 32.5. The molecule has 0 aromatic heterocycles. The Bertz CT molecular complexity index is 869. The third-order valence-corrected chi connectivity index (χ3v) is 5.14. The summed E-state index contributed by atoms with van der Waals surface area (Å²) in [6, 6.07) is 13.4. The average molecular weight is 376 g/mol. The second kappa shape index (κ2) is 7.88. The highest BCUT2D eigenvalue weighted by molar-refractivity contribution is 7.89. The molecule has 0 fully saturated rings. The highest BCUT2D eigenvalue weighted by Gasteiger charge is 2.21. The summed E-state index contributed by atoms with van der Waals surface area (Å²) in [7, 11) is -3.60. The number of carbonyl (C=O) groups excluding carboxylic acids is 1. The third-order valence-electron chi connectivity index (χ3n) is 3.36. The average Bonchev–Trinajstić information content (AvgIpc) is 2.53. The van der Waals surface area contributed by atoms with Gasteiger partial charge in [0.25, 0.3) is 5.91 Å². The molecule has 6 nitrogen and oxygen atoms in total. The first kappa shape index (κ1) is 19.9. The molecule has 0 radical (unpaired) electrons. The number of sulfonamides is 1. The first-order valence-corrected chi connectivity index (χ1v) is 9.67. The van der Waals surface area contributed by atoms with Gasteiger partial charge < -0.3 is 10.1 Å². The van der Waals surface area contributed by atoms with E-state index in [1.165, 1.54) is 24.3 Å². The van der Waals surface area contributed by atoms with Gasteiger partial charge >= 0.3 is 0 Å². The van der Waals surface area contributed by atoms with Crippen molar-refractivity contribution >= 4 is 21.6 Å². The van der Waals surface area contributed by atoms with Crippen LogP contribution in [-0.4, -0.2) is 26.5 Å². The van der Waals surface area contributed by atoms with Crippen molar-refractivity contribution in [2.75, 3.05) is 11.9 Å². The maximum atomic E-state index is 12.2. The number of nitrogens with one attached hydrogen (secondary N) is 2. The van der Waals surface area contributed by atoms with Gasteiger partial charge in [0.1, 0.15) is 5.75 Å². The van der Waals surface area contributed by atoms with Crippen LogP contribution in [0.15, 0.2) is 53.4 Å². The molecule has 0 aliphatic rings. The van der Waals surface area contributed by atoms with Crippen LogP contribution in [-0.2, 0) is 14.8 Å². The van der Waals surface area contributed by atoms with E-state index in [2.05, 4.69) is 10.0 Å². The number of hydrogen-bond donors (Lipinski definition) is 2. The number of rotatable bonds is 6. The van der Waals surface area contributed by atoms with Crippen LogP contribution >= 0.6 is 0 Å². The van der Waals surface area contributed by atoms with E-state index >= 15 is 0 Å². The van der Waals surface area contributed by atoms with Crippen molar-refractivity contribution < 1.29 is 17.9 Å². The monoisotopic (exact) mass is 376 g/mol. The fourth-order valence-electron chi connectivity index (χ4n) is 2.23. The molecule has 0 atom stereocenters. The zero-order chi connectivity index (χ0) is 19.4. The number of amides is 1. The van der Waals surface area contributed by atoms with Crippen molar-refractivity contribution in [1.29, 1.82) is 0 Å². The van der Waals surface area contributed by atoms with Crippen LogP contribution in [0.4, 0.5) is 5.69 Å². The Labute approximate surface area is 154 Å². The molecule has 0 bridgehead atoms. The van der Waals surface area contributed by atoms with Crippen LogP contribution in [0, 0.1) is 6.92 Å². The third kappa shape index (κ3) is 5.86. The topological polar surface area (TPSA) is 84.5 Å². The van der Waals surface area contributed by atoms with Gasteiger partial charge in [-0.3, -0.25) is 4.79 Å². The van der Waals surface area contributed by atoms with E-state index in [-0.39, 0.29) is 17.4 Å². The summed E-state index contributed by atoms with van der Waals surface area (Å²) in [5.41, 5.74) is 1.12. The summed E-state index contributed by atoms with van der Waals surface area (Å²) in [5.74, 6) is 0.130. The molecule has 140 valence electrons. The van der Waals surface area contributed by atoms with Gasteiger partial charge in [0.15, 0.2) is 6.61 Å². The Morgan fingerprint density at radius 2 is 1.65 bits per heavy atom. The normalized spacial score (nSPS) is 11.8. The summed E-state index contributed by atoms with van der Waals surface area (Å²) in [6.07, 6.45) is 0. The van der Waals surface area contributed by atoms with E-state index in [9.17, 15) is 13.2 Å². The molecule has 2 aromatic carbocycles. The van der Waals surface area contributed by atoms with Crippen molar-refractivity contribution in [2.24, 2.45) is 0 Å². The number of hydrogen-bond acceptors (Lipinski definition) is 4. The summed E-state index contributed by atoms with van der Waals surface area (Å²) >= 11 is 0. The van der Waals surface area contributed by atoms with Gasteiger partial charge in [-0.1, -0.05) is 18.2 Å². The van der Waals surface area contributed by atoms with Crippen molar-refractivity contribution in [1.82, 2.24) is 4.72 Å². The standard InChI is InChI=1S/C19H24N2O4S/c1-14-7-5-6-8-17(14)20-18(22)13-25-15-9-11-16(12-10-15)26(23,24)21-19(2,3)4/h5-12,21H,13H2,1-4H3,(H,20,22). The van der Waals surface area contributed by atoms with E-state index in [0.29, 0.717) is 5.75 Å². The minimum Gasteiger partial charge on any atom is -0.484 e. The lowest BCUT2D eigenvalue weighted by Gasteiger charge is -2.20. The molecular weight excluding hydrogens is 352 g/mol. The number of ether oxygens (including phenoxy) is 1. The van der Waals surface area contributed by atoms with E-state index in [1.807, 2.05) is 31.2 Å². The summed E-state index contributed by atoms with van der Waals surface area (Å²) in [4.78, 5) is 12.1. The molecule has 26 heavy (non-hydrogen) atoms. The molecule has 2 rings (SSSR count). The van der Waals surface area contributed by atoms with E-state index < -0.39 is 15.6 Å². The van der Waals surface area contributed by atoms with Gasteiger partial charge in [-0.25, -0.2) is 13.1 Å². The molecule has 0 spiro atoms. The largest absolute Gasteiger partial charge is 0.484 e. The molecule has 2 N–H and O–H groups in total. The molecule has 0 saturated carbocycles. The lowest BCUT2D eigenvalue weighted by molar-refractivity contribution is -0.118. The molecule has 7 heteroatoms. The molecule has 0 unspecified atom stereocenters. The van der Waals surface area contributed by atoms with Crippen LogP contribution < -0.4 is 14.8 Å². The van der Waals surface area contributed by atoms with Crippen LogP contribution in [0.3, 0.4) is 0 Å². The fourth-order valence-corrected chi connectivity index (χ4v) is 3.64. The molecule has 0 saturated heterocycles. The molecule has 0 heterocycles. The SMILES string of the molecule is Cc1ccccc1NC(=O)COc1ccc(S(=O)(=O)NC(C)(C)C)cc1. The molecular formula is C19H24N2O4S. The highest BCUT2D eigenvalue weighted by atomic mass is 32.2. The Morgan fingerprint density at radius 1 is 1.04 bits per heavy atom. The highest BCUT2D eigenvalue weighted by Crippen LogP contribution is 2.18. The maximum absolute atomic E-state index is 12.2. The number of anilines is 1. The molecule has 0 aliphatic carbocycles. The summed E-state index contributed by atoms with van der Waals surface area (Å²) in [5, 5.41) is 2.77. The van der Waals surface area contributed by atoms with Gasteiger partial charge in [0.2, 0.25) is 10.0 Å². The van der Waals surface area contributed by atoms with Gasteiger partial charge in [0.05, 0.1) is 4.90 Å². The zero-order valence-electron chi connectivity index (χ0n) is 15.4. The molecule has 1 amide bonds. The van der Waals surface area contributed by atoms with Gasteiger partial charge in [-0.05, 0) is 63.6 Å². The minimum atomic E-state index is -3.60. The Balaban J connectivity index is 1.95. The first-order chi connectivity index (χ1) is 12.1. The van der Waals surface area contributed by atoms with E-state index in [1.54, 1.807) is 20.8 Å². The number of para-hydroxylation sites is 1. The van der Waals surface area contributed by atoms with Crippen molar-refractivity contribution in [2.45, 2.75) is 38.1 Å². The predicted octanol–water partition coefficient (Wildman–Crippen LogP) is 3.09. The minimum absolute atomic E-state index is 0.143. The zero-order valence-corrected chi connectivity index (χ0v) is 16.2. The molecule has 0 aliphatic heterocycles. The number of aryl methyl sites for hydroxylation is 1. The Hall–Kier alpha value is -2.38. The molecule has 2 aromatic rings. The number of benzene rings is 2. The lowest BCUT2D eigenvalue weighted by Crippen LogP contribution is -2.40. The fraction of sp³-hybridized carbons (Fsp3) is 0.316. The Morgan fingerprint density at radius 3 is 2.23 bits per heavy atom. The first-order valence-electron chi connectivity index (χ1n) is 8.19. The lowest BCUT2D eigenvalue weighted by atomic mass is 10.1. The van der Waals surface area contributed by atoms with Crippen LogP contribution in [0.1, 0.15) is 26.3 Å². The quantitative estimate of drug-likeness (QED) is 0.811. The van der Waals surface area contributed by atoms with Crippen molar-refractivity contribution in [3.63, 3.8) is 0 Å². The maximum Gasteiger partial charge on any atom is 0.262 e. The summed E-state index contributed by atoms with van der Waals surface area (Å²) in [6.45, 7) is 7.06. The smallest absolute Gasteiger partial charge is 0.262 e. The van der Waals surface area contributed by atoms with Crippen LogP contribution in [0.5, 0.6) is 5.75 Å². The van der Waals surface area contributed by atoms with E-state index in [4.69, 9.17) is 4.74 Å². The predicted molar refractivity (Wildman–Crippen MR) is 102 cm³/mol. The van der Waals surface area contributed by atoms with Crippen LogP contribution in [0.25, 0.3) is 0 Å². The Kier molecular flexibility index (Phi) is 6.05. The van der Waals surface area contributed by atoms with Crippen molar-refractivity contribution in [3.05, 3.63) is 54.1 Å².